The molecular weight excluding hydrogens is 653 g/mol. The van der Waals surface area contributed by atoms with Gasteiger partial charge in [0.2, 0.25) is 0 Å². The monoisotopic (exact) mass is 690 g/mol. The van der Waals surface area contributed by atoms with Gasteiger partial charge in [0.25, 0.3) is 5.56 Å². The third kappa shape index (κ3) is 7.50. The van der Waals surface area contributed by atoms with Crippen molar-refractivity contribution in [2.24, 2.45) is 4.99 Å². The van der Waals surface area contributed by atoms with Crippen LogP contribution in [-0.4, -0.2) is 30.9 Å². The molecule has 0 bridgehead atoms. The molecule has 0 spiro atoms. The van der Waals surface area contributed by atoms with E-state index in [1.165, 1.54) is 15.9 Å². The van der Waals surface area contributed by atoms with Crippen LogP contribution in [0.15, 0.2) is 112 Å². The van der Waals surface area contributed by atoms with Gasteiger partial charge < -0.3 is 23.7 Å². The average Bonchev–Trinajstić information content (AvgIpc) is 3.45. The number of allylic oxidation sites excluding steroid dienone is 1. The van der Waals surface area contributed by atoms with Crippen LogP contribution in [0, 0.1) is 0 Å². The fraction of sp³-hybridized carbons (Fsp3) is 0.225. The molecule has 9 nitrogen and oxygen atoms in total. The van der Waals surface area contributed by atoms with Crippen LogP contribution in [0.1, 0.15) is 49.1 Å². The Morgan fingerprint density at radius 1 is 0.800 bits per heavy atom. The zero-order valence-corrected chi connectivity index (χ0v) is 29.2. The van der Waals surface area contributed by atoms with E-state index in [-0.39, 0.29) is 17.7 Å². The highest BCUT2D eigenvalue weighted by Crippen LogP contribution is 2.38. The van der Waals surface area contributed by atoms with E-state index in [1.807, 2.05) is 104 Å². The van der Waals surface area contributed by atoms with Gasteiger partial charge in [0.05, 0.1) is 30.4 Å². The second-order valence-electron chi connectivity index (χ2n) is 11.4. The summed E-state index contributed by atoms with van der Waals surface area (Å²) < 4.78 is 31.1. The van der Waals surface area contributed by atoms with Crippen LogP contribution in [-0.2, 0) is 22.7 Å². The number of methoxy groups -OCH3 is 1. The van der Waals surface area contributed by atoms with Crippen molar-refractivity contribution in [2.45, 2.75) is 40.0 Å². The van der Waals surface area contributed by atoms with E-state index in [1.54, 1.807) is 27.0 Å². The Morgan fingerprint density at radius 3 is 2.06 bits per heavy atom. The maximum atomic E-state index is 13.9. The smallest absolute Gasteiger partial charge is 0.338 e. The highest BCUT2D eigenvalue weighted by atomic mass is 32.1. The molecular formula is C40H38N2O7S. The number of hydrogen-bond donors (Lipinski definition) is 0. The lowest BCUT2D eigenvalue weighted by Gasteiger charge is -2.23. The zero-order valence-electron chi connectivity index (χ0n) is 28.4. The number of carbonyl (C=O) groups excluding carboxylic acids is 1. The van der Waals surface area contributed by atoms with Gasteiger partial charge in [-0.25, -0.2) is 9.79 Å². The van der Waals surface area contributed by atoms with Crippen LogP contribution in [0.2, 0.25) is 0 Å². The number of nitrogens with zero attached hydrogens (tertiary/aromatic N) is 2. The van der Waals surface area contributed by atoms with Crippen LogP contribution in [0.3, 0.4) is 0 Å². The predicted molar refractivity (Wildman–Crippen MR) is 193 cm³/mol. The number of aromatic nitrogens is 1. The standard InChI is InChI=1S/C40H38N2O7S/c1-5-46-34-23-30(18-20-32(34)49-25-28-15-11-8-12-16-28)37-36(39(44)47-6-2)26(3)42-38(43)35(50-40(42)41-37)22-29-17-19-31(33(21-29)45-4)48-24-27-13-9-7-10-14-27/h7-23,37H,5-6,24-25H2,1-4H3/b35-22-/t37-/m0/s1. The Morgan fingerprint density at radius 2 is 1.44 bits per heavy atom. The van der Waals surface area contributed by atoms with Gasteiger partial charge in [0, 0.05) is 5.70 Å². The maximum Gasteiger partial charge on any atom is 0.338 e. The van der Waals surface area contributed by atoms with E-state index in [0.29, 0.717) is 63.4 Å². The van der Waals surface area contributed by atoms with Gasteiger partial charge in [-0.05, 0) is 73.4 Å². The molecule has 0 N–H and O–H groups in total. The molecule has 2 heterocycles. The molecule has 0 saturated heterocycles. The van der Waals surface area contributed by atoms with Gasteiger partial charge in [0.15, 0.2) is 27.8 Å². The maximum absolute atomic E-state index is 13.9. The van der Waals surface area contributed by atoms with E-state index >= 15 is 0 Å². The first-order valence-electron chi connectivity index (χ1n) is 16.4. The number of benzene rings is 4. The first-order chi connectivity index (χ1) is 24.4. The highest BCUT2D eigenvalue weighted by Gasteiger charge is 2.32. The van der Waals surface area contributed by atoms with Crippen LogP contribution in [0.25, 0.3) is 11.8 Å². The van der Waals surface area contributed by atoms with Crippen LogP contribution < -0.4 is 33.8 Å². The summed E-state index contributed by atoms with van der Waals surface area (Å²) >= 11 is 1.25. The normalized spacial score (nSPS) is 14.1. The number of rotatable bonds is 13. The molecule has 0 radical (unpaired) electrons. The lowest BCUT2D eigenvalue weighted by atomic mass is 9.96. The number of ether oxygens (including phenoxy) is 5. The minimum absolute atomic E-state index is 0.177. The zero-order chi connectivity index (χ0) is 35.0. The fourth-order valence-corrected chi connectivity index (χ4v) is 6.70. The molecule has 0 amide bonds. The second-order valence-corrected chi connectivity index (χ2v) is 12.4. The largest absolute Gasteiger partial charge is 0.493 e. The molecule has 0 fully saturated rings. The summed E-state index contributed by atoms with van der Waals surface area (Å²) in [5.41, 5.74) is 3.99. The molecule has 50 heavy (non-hydrogen) atoms. The molecule has 6 rings (SSSR count). The lowest BCUT2D eigenvalue weighted by molar-refractivity contribution is -0.138. The Balaban J connectivity index is 1.36. The van der Waals surface area contributed by atoms with Crippen LogP contribution in [0.4, 0.5) is 0 Å². The van der Waals surface area contributed by atoms with Gasteiger partial charge in [-0.2, -0.15) is 0 Å². The molecule has 0 aliphatic carbocycles. The van der Waals surface area contributed by atoms with Crippen LogP contribution in [0.5, 0.6) is 23.0 Å². The molecule has 256 valence electrons. The average molecular weight is 691 g/mol. The molecule has 0 saturated carbocycles. The number of carbonyl (C=O) groups is 1. The van der Waals surface area contributed by atoms with Gasteiger partial charge >= 0.3 is 5.97 Å². The van der Waals surface area contributed by atoms with Crippen molar-refractivity contribution < 1.29 is 28.5 Å². The number of fused-ring (bicyclic) bond motifs is 1. The van der Waals surface area contributed by atoms with Crippen molar-refractivity contribution in [1.82, 2.24) is 4.57 Å². The van der Waals surface area contributed by atoms with Crippen molar-refractivity contribution in [2.75, 3.05) is 20.3 Å². The molecule has 4 aromatic carbocycles. The summed E-state index contributed by atoms with van der Waals surface area (Å²) in [6, 6.07) is 30.1. The van der Waals surface area contributed by atoms with Crippen LogP contribution >= 0.6 is 11.3 Å². The van der Waals surface area contributed by atoms with Crippen molar-refractivity contribution in [3.8, 4) is 23.0 Å². The predicted octanol–water partition coefficient (Wildman–Crippen LogP) is 6.47. The van der Waals surface area contributed by atoms with Crippen molar-refractivity contribution in [3.05, 3.63) is 145 Å². The van der Waals surface area contributed by atoms with Gasteiger partial charge in [0.1, 0.15) is 19.3 Å². The highest BCUT2D eigenvalue weighted by molar-refractivity contribution is 7.07. The number of hydrogen-bond acceptors (Lipinski definition) is 9. The molecule has 10 heteroatoms. The first-order valence-corrected chi connectivity index (χ1v) is 17.2. The quantitative estimate of drug-likeness (QED) is 0.131. The van der Waals surface area contributed by atoms with E-state index in [2.05, 4.69) is 0 Å². The minimum Gasteiger partial charge on any atom is -0.493 e. The fourth-order valence-electron chi connectivity index (χ4n) is 5.66. The third-order valence-corrected chi connectivity index (χ3v) is 9.07. The summed E-state index contributed by atoms with van der Waals surface area (Å²) in [4.78, 5) is 32.7. The summed E-state index contributed by atoms with van der Waals surface area (Å²) in [7, 11) is 1.58. The van der Waals surface area contributed by atoms with E-state index < -0.39 is 12.0 Å². The van der Waals surface area contributed by atoms with Gasteiger partial charge in [-0.3, -0.25) is 9.36 Å². The molecule has 1 aromatic heterocycles. The van der Waals surface area contributed by atoms with Crippen molar-refractivity contribution in [3.63, 3.8) is 0 Å². The summed E-state index contributed by atoms with van der Waals surface area (Å²) in [5, 5.41) is 0. The van der Waals surface area contributed by atoms with E-state index in [0.717, 1.165) is 16.7 Å². The van der Waals surface area contributed by atoms with Crippen molar-refractivity contribution in [1.29, 1.82) is 0 Å². The Hall–Kier alpha value is -5.61. The summed E-state index contributed by atoms with van der Waals surface area (Å²) in [6.45, 7) is 6.75. The number of thiazole rings is 1. The summed E-state index contributed by atoms with van der Waals surface area (Å²) in [5.74, 6) is 1.71. The molecule has 0 unspecified atom stereocenters. The number of esters is 1. The molecule has 1 aliphatic rings. The molecule has 1 atom stereocenters. The SMILES string of the molecule is CCOC(=O)C1=C(C)n2c(s/c(=C\c3ccc(OCc4ccccc4)c(OC)c3)c2=O)=N[C@H]1c1ccc(OCc2ccccc2)c(OCC)c1. The van der Waals surface area contributed by atoms with E-state index in [4.69, 9.17) is 28.7 Å². The Bertz CT molecular complexity index is 2190. The van der Waals surface area contributed by atoms with Gasteiger partial charge in [-0.1, -0.05) is 84.1 Å². The van der Waals surface area contributed by atoms with Crippen molar-refractivity contribution >= 4 is 29.1 Å². The van der Waals surface area contributed by atoms with E-state index in [9.17, 15) is 9.59 Å². The molecule has 1 aliphatic heterocycles. The van der Waals surface area contributed by atoms with Gasteiger partial charge in [-0.15, -0.1) is 0 Å². The Labute approximate surface area is 294 Å². The summed E-state index contributed by atoms with van der Waals surface area (Å²) in [6.07, 6.45) is 1.79. The lowest BCUT2D eigenvalue weighted by Crippen LogP contribution is -2.35. The minimum atomic E-state index is -0.733. The second kappa shape index (κ2) is 15.7. The first kappa shape index (κ1) is 34.3. The molecule has 5 aromatic rings. The Kier molecular flexibility index (Phi) is 10.8. The topological polar surface area (TPSA) is 97.6 Å². The third-order valence-electron chi connectivity index (χ3n) is 8.08.